The molecule has 0 saturated heterocycles. The molecule has 0 aliphatic rings. The van der Waals surface area contributed by atoms with E-state index in [1.807, 2.05) is 30.3 Å². The summed E-state index contributed by atoms with van der Waals surface area (Å²) < 4.78 is 5.76. The van der Waals surface area contributed by atoms with Crippen LogP contribution in [0, 0.1) is 0 Å². The Balaban J connectivity index is 1.45. The normalized spacial score (nSPS) is 10.1. The number of thiocarbonyl (C=S) groups is 1. The van der Waals surface area contributed by atoms with Gasteiger partial charge < -0.3 is 10.1 Å². The number of hydrogen-bond donors (Lipinski definition) is 4. The molecular formula is C26H26N4O4S. The largest absolute Gasteiger partial charge is 0.493 e. The summed E-state index contributed by atoms with van der Waals surface area (Å²) in [5.74, 6) is -0.446. The summed E-state index contributed by atoms with van der Waals surface area (Å²) in [7, 11) is 0. The van der Waals surface area contributed by atoms with Gasteiger partial charge >= 0.3 is 0 Å². The van der Waals surface area contributed by atoms with Crippen LogP contribution < -0.4 is 26.2 Å². The van der Waals surface area contributed by atoms with Crippen LogP contribution in [0.25, 0.3) is 0 Å². The van der Waals surface area contributed by atoms with Crippen LogP contribution in [0.5, 0.6) is 5.75 Å². The number of amides is 3. The van der Waals surface area contributed by atoms with Crippen LogP contribution in [0.15, 0.2) is 78.9 Å². The van der Waals surface area contributed by atoms with Crippen molar-refractivity contribution in [2.24, 2.45) is 0 Å². The third-order valence-electron chi connectivity index (χ3n) is 4.87. The van der Waals surface area contributed by atoms with E-state index < -0.39 is 11.8 Å². The van der Waals surface area contributed by atoms with Crippen LogP contribution in [-0.4, -0.2) is 29.4 Å². The Kier molecular flexibility index (Phi) is 9.32. The van der Waals surface area contributed by atoms with Crippen molar-refractivity contribution in [1.82, 2.24) is 16.2 Å². The number of hydrazine groups is 1. The zero-order chi connectivity index (χ0) is 25.0. The summed E-state index contributed by atoms with van der Waals surface area (Å²) >= 11 is 5.10. The van der Waals surface area contributed by atoms with Gasteiger partial charge in [0.2, 0.25) is 5.91 Å². The topological polar surface area (TPSA) is 109 Å². The molecule has 3 amide bonds. The molecular weight excluding hydrogens is 464 g/mol. The highest BCUT2D eigenvalue weighted by Gasteiger charge is 2.11. The SMILES string of the molecule is CCC(=O)Nc1ccc(C(=O)NNC(=S)NC(=O)c2cccc(OCCc3ccccc3)c2)cc1. The van der Waals surface area contributed by atoms with Crippen LogP contribution in [0.4, 0.5) is 5.69 Å². The number of carbonyl (C=O) groups excluding carboxylic acids is 3. The molecule has 0 fully saturated rings. The van der Waals surface area contributed by atoms with Crippen molar-refractivity contribution in [3.8, 4) is 5.75 Å². The van der Waals surface area contributed by atoms with Gasteiger partial charge in [-0.05, 0) is 60.2 Å². The van der Waals surface area contributed by atoms with E-state index in [0.29, 0.717) is 35.6 Å². The standard InChI is InChI=1S/C26H26N4O4S/c1-2-23(31)27-21-13-11-19(12-14-21)25(33)29-30-26(35)28-24(32)20-9-6-10-22(17-20)34-16-15-18-7-4-3-5-8-18/h3-14,17H,2,15-16H2,1H3,(H,27,31)(H,29,33)(H2,28,30,32,35). The van der Waals surface area contributed by atoms with E-state index in [4.69, 9.17) is 17.0 Å². The van der Waals surface area contributed by atoms with Crippen molar-refractivity contribution in [3.63, 3.8) is 0 Å². The minimum atomic E-state index is -0.455. The molecule has 0 bridgehead atoms. The monoisotopic (exact) mass is 490 g/mol. The number of hydrogen-bond acceptors (Lipinski definition) is 5. The maximum absolute atomic E-state index is 12.5. The van der Waals surface area contributed by atoms with Crippen LogP contribution in [0.1, 0.15) is 39.6 Å². The molecule has 0 atom stereocenters. The van der Waals surface area contributed by atoms with E-state index in [-0.39, 0.29) is 11.0 Å². The Labute approximate surface area is 209 Å². The van der Waals surface area contributed by atoms with Gasteiger partial charge in [-0.1, -0.05) is 43.3 Å². The molecule has 0 aromatic heterocycles. The van der Waals surface area contributed by atoms with E-state index in [2.05, 4.69) is 21.5 Å². The van der Waals surface area contributed by atoms with E-state index in [1.54, 1.807) is 55.5 Å². The van der Waals surface area contributed by atoms with Crippen molar-refractivity contribution >= 4 is 40.7 Å². The average molecular weight is 491 g/mol. The van der Waals surface area contributed by atoms with E-state index in [1.165, 1.54) is 5.56 Å². The van der Waals surface area contributed by atoms with Crippen molar-refractivity contribution in [2.45, 2.75) is 19.8 Å². The molecule has 8 nitrogen and oxygen atoms in total. The molecule has 3 aromatic carbocycles. The average Bonchev–Trinajstić information content (AvgIpc) is 2.88. The second-order valence-electron chi connectivity index (χ2n) is 7.45. The Morgan fingerprint density at radius 1 is 0.829 bits per heavy atom. The zero-order valence-corrected chi connectivity index (χ0v) is 20.0. The van der Waals surface area contributed by atoms with Gasteiger partial charge in [-0.15, -0.1) is 0 Å². The minimum absolute atomic E-state index is 0.0643. The van der Waals surface area contributed by atoms with E-state index in [0.717, 1.165) is 6.42 Å². The lowest BCUT2D eigenvalue weighted by molar-refractivity contribution is -0.115. The first-order valence-corrected chi connectivity index (χ1v) is 11.4. The van der Waals surface area contributed by atoms with Gasteiger partial charge in [0.1, 0.15) is 5.75 Å². The lowest BCUT2D eigenvalue weighted by atomic mass is 10.2. The zero-order valence-electron chi connectivity index (χ0n) is 19.2. The lowest BCUT2D eigenvalue weighted by Gasteiger charge is -2.12. The highest BCUT2D eigenvalue weighted by molar-refractivity contribution is 7.80. The number of benzene rings is 3. The van der Waals surface area contributed by atoms with Crippen molar-refractivity contribution in [2.75, 3.05) is 11.9 Å². The highest BCUT2D eigenvalue weighted by Crippen LogP contribution is 2.14. The number of anilines is 1. The van der Waals surface area contributed by atoms with Gasteiger partial charge in [0.05, 0.1) is 6.61 Å². The minimum Gasteiger partial charge on any atom is -0.493 e. The van der Waals surface area contributed by atoms with E-state index in [9.17, 15) is 14.4 Å². The molecule has 35 heavy (non-hydrogen) atoms. The fourth-order valence-electron chi connectivity index (χ4n) is 3.01. The lowest BCUT2D eigenvalue weighted by Crippen LogP contribution is -2.48. The Hall–Kier alpha value is -4.24. The summed E-state index contributed by atoms with van der Waals surface area (Å²) in [6, 6.07) is 23.1. The van der Waals surface area contributed by atoms with Gasteiger partial charge in [0.15, 0.2) is 5.11 Å². The molecule has 0 aliphatic carbocycles. The quantitative estimate of drug-likeness (QED) is 0.284. The second-order valence-corrected chi connectivity index (χ2v) is 7.86. The first-order valence-electron chi connectivity index (χ1n) is 11.0. The predicted molar refractivity (Wildman–Crippen MR) is 138 cm³/mol. The molecule has 4 N–H and O–H groups in total. The Morgan fingerprint density at radius 3 is 2.29 bits per heavy atom. The van der Waals surface area contributed by atoms with Crippen LogP contribution in [0.2, 0.25) is 0 Å². The third kappa shape index (κ3) is 8.24. The van der Waals surface area contributed by atoms with Gasteiger partial charge in [-0.3, -0.25) is 30.6 Å². The highest BCUT2D eigenvalue weighted by atomic mass is 32.1. The van der Waals surface area contributed by atoms with E-state index >= 15 is 0 Å². The first kappa shape index (κ1) is 25.4. The predicted octanol–water partition coefficient (Wildman–Crippen LogP) is 3.61. The molecule has 0 unspecified atom stereocenters. The van der Waals surface area contributed by atoms with Crippen LogP contribution in [0.3, 0.4) is 0 Å². The molecule has 3 rings (SSSR count). The summed E-state index contributed by atoms with van der Waals surface area (Å²) in [5, 5.41) is 5.15. The molecule has 180 valence electrons. The summed E-state index contributed by atoms with van der Waals surface area (Å²) in [5.41, 5.74) is 7.40. The van der Waals surface area contributed by atoms with Crippen LogP contribution in [-0.2, 0) is 11.2 Å². The number of rotatable bonds is 8. The summed E-state index contributed by atoms with van der Waals surface area (Å²) in [6.07, 6.45) is 1.11. The smallest absolute Gasteiger partial charge is 0.269 e. The first-order chi connectivity index (χ1) is 16.9. The van der Waals surface area contributed by atoms with Crippen molar-refractivity contribution in [1.29, 1.82) is 0 Å². The summed E-state index contributed by atoms with van der Waals surface area (Å²) in [6.45, 7) is 2.23. The number of carbonyl (C=O) groups is 3. The molecule has 0 saturated carbocycles. The Bertz CT molecular complexity index is 1180. The number of nitrogens with one attached hydrogen (secondary N) is 4. The maximum atomic E-state index is 12.5. The van der Waals surface area contributed by atoms with Gasteiger partial charge in [0.25, 0.3) is 11.8 Å². The Morgan fingerprint density at radius 2 is 1.57 bits per heavy atom. The van der Waals surface area contributed by atoms with Crippen LogP contribution >= 0.6 is 12.2 Å². The van der Waals surface area contributed by atoms with Crippen molar-refractivity contribution in [3.05, 3.63) is 95.6 Å². The van der Waals surface area contributed by atoms with Gasteiger partial charge in [-0.25, -0.2) is 0 Å². The van der Waals surface area contributed by atoms with Gasteiger partial charge in [0, 0.05) is 29.7 Å². The third-order valence-corrected chi connectivity index (χ3v) is 5.07. The second kappa shape index (κ2) is 12.9. The maximum Gasteiger partial charge on any atom is 0.269 e. The van der Waals surface area contributed by atoms with Crippen molar-refractivity contribution < 1.29 is 19.1 Å². The molecule has 9 heteroatoms. The molecule has 0 aliphatic heterocycles. The molecule has 3 aromatic rings. The molecule has 0 spiro atoms. The molecule has 0 heterocycles. The summed E-state index contributed by atoms with van der Waals surface area (Å²) in [4.78, 5) is 36.2. The fraction of sp³-hybridized carbons (Fsp3) is 0.154. The van der Waals surface area contributed by atoms with Gasteiger partial charge in [-0.2, -0.15) is 0 Å². The molecule has 0 radical (unpaired) electrons. The fourth-order valence-corrected chi connectivity index (χ4v) is 3.15. The number of ether oxygens (including phenoxy) is 1.